The molecular formula is C11H21NO. The molecule has 2 heteroatoms. The third-order valence-electron chi connectivity index (χ3n) is 3.37. The fourth-order valence-electron chi connectivity index (χ4n) is 1.89. The molecule has 0 bridgehead atoms. The van der Waals surface area contributed by atoms with Gasteiger partial charge < -0.3 is 10.1 Å². The average Bonchev–Trinajstić information content (AvgIpc) is 2.87. The first-order valence-corrected chi connectivity index (χ1v) is 5.60. The Kier molecular flexibility index (Phi) is 2.89. The highest BCUT2D eigenvalue weighted by molar-refractivity contribution is 4.91. The van der Waals surface area contributed by atoms with E-state index in [2.05, 4.69) is 12.2 Å². The molecule has 0 aromatic carbocycles. The fourth-order valence-corrected chi connectivity index (χ4v) is 1.89. The van der Waals surface area contributed by atoms with Crippen LogP contribution < -0.4 is 5.32 Å². The minimum atomic E-state index is 0.646. The lowest BCUT2D eigenvalue weighted by Crippen LogP contribution is -2.33. The van der Waals surface area contributed by atoms with E-state index < -0.39 is 0 Å². The Labute approximate surface area is 81.0 Å². The summed E-state index contributed by atoms with van der Waals surface area (Å²) < 4.78 is 5.43. The van der Waals surface area contributed by atoms with Crippen molar-refractivity contribution in [2.75, 3.05) is 19.8 Å². The molecule has 1 atom stereocenters. The van der Waals surface area contributed by atoms with Gasteiger partial charge in [-0.15, -0.1) is 0 Å². The minimum Gasteiger partial charge on any atom is -0.381 e. The van der Waals surface area contributed by atoms with Gasteiger partial charge in [0.15, 0.2) is 0 Å². The van der Waals surface area contributed by atoms with Crippen molar-refractivity contribution in [3.8, 4) is 0 Å². The smallest absolute Gasteiger partial charge is 0.0480 e. The van der Waals surface area contributed by atoms with Crippen molar-refractivity contribution < 1.29 is 4.74 Å². The molecule has 1 saturated heterocycles. The van der Waals surface area contributed by atoms with E-state index >= 15 is 0 Å². The van der Waals surface area contributed by atoms with Crippen LogP contribution in [-0.4, -0.2) is 25.8 Å². The van der Waals surface area contributed by atoms with Gasteiger partial charge in [0.1, 0.15) is 0 Å². The topological polar surface area (TPSA) is 21.3 Å². The van der Waals surface area contributed by atoms with E-state index in [0.717, 1.165) is 19.3 Å². The standard InChI is InChI=1S/C11H21NO/c1-11(5-6-11)9-12-10-3-2-7-13-8-4-10/h10,12H,2-9H2,1H3. The number of hydrogen-bond acceptors (Lipinski definition) is 2. The van der Waals surface area contributed by atoms with Crippen LogP contribution in [0.4, 0.5) is 0 Å². The van der Waals surface area contributed by atoms with E-state index in [1.54, 1.807) is 0 Å². The Balaban J connectivity index is 1.67. The summed E-state index contributed by atoms with van der Waals surface area (Å²) in [7, 11) is 0. The summed E-state index contributed by atoms with van der Waals surface area (Å²) in [5.41, 5.74) is 0.646. The molecule has 0 aromatic heterocycles. The molecule has 0 spiro atoms. The van der Waals surface area contributed by atoms with Gasteiger partial charge in [0.05, 0.1) is 0 Å². The average molecular weight is 183 g/mol. The third kappa shape index (κ3) is 2.96. The van der Waals surface area contributed by atoms with Crippen LogP contribution in [0, 0.1) is 5.41 Å². The highest BCUT2D eigenvalue weighted by atomic mass is 16.5. The van der Waals surface area contributed by atoms with Crippen molar-refractivity contribution in [1.29, 1.82) is 0 Å². The maximum Gasteiger partial charge on any atom is 0.0480 e. The van der Waals surface area contributed by atoms with Crippen molar-refractivity contribution in [3.05, 3.63) is 0 Å². The highest BCUT2D eigenvalue weighted by Crippen LogP contribution is 2.44. The zero-order valence-corrected chi connectivity index (χ0v) is 8.64. The number of rotatable bonds is 3. The summed E-state index contributed by atoms with van der Waals surface area (Å²) in [5, 5.41) is 3.68. The molecule has 2 fully saturated rings. The van der Waals surface area contributed by atoms with Gasteiger partial charge in [0.25, 0.3) is 0 Å². The summed E-state index contributed by atoms with van der Waals surface area (Å²) in [6.07, 6.45) is 6.58. The lowest BCUT2D eigenvalue weighted by Gasteiger charge is -2.18. The molecule has 1 saturated carbocycles. The van der Waals surface area contributed by atoms with E-state index in [4.69, 9.17) is 4.74 Å². The first-order valence-electron chi connectivity index (χ1n) is 5.60. The van der Waals surface area contributed by atoms with Crippen molar-refractivity contribution in [1.82, 2.24) is 5.32 Å². The fraction of sp³-hybridized carbons (Fsp3) is 1.00. The zero-order valence-electron chi connectivity index (χ0n) is 8.64. The Morgan fingerprint density at radius 1 is 1.31 bits per heavy atom. The molecule has 1 aliphatic heterocycles. The van der Waals surface area contributed by atoms with E-state index in [-0.39, 0.29) is 0 Å². The van der Waals surface area contributed by atoms with Gasteiger partial charge in [0.2, 0.25) is 0 Å². The lowest BCUT2D eigenvalue weighted by atomic mass is 10.1. The summed E-state index contributed by atoms with van der Waals surface area (Å²) in [6.45, 7) is 5.52. The quantitative estimate of drug-likeness (QED) is 0.722. The van der Waals surface area contributed by atoms with Crippen molar-refractivity contribution in [2.24, 2.45) is 5.41 Å². The van der Waals surface area contributed by atoms with Gasteiger partial charge in [-0.3, -0.25) is 0 Å². The second-order valence-corrected chi connectivity index (χ2v) is 4.93. The van der Waals surface area contributed by atoms with Gasteiger partial charge >= 0.3 is 0 Å². The van der Waals surface area contributed by atoms with Crippen LogP contribution in [0.5, 0.6) is 0 Å². The lowest BCUT2D eigenvalue weighted by molar-refractivity contribution is 0.142. The Hall–Kier alpha value is -0.0800. The molecule has 2 rings (SSSR count). The largest absolute Gasteiger partial charge is 0.381 e. The maximum absolute atomic E-state index is 5.43. The molecule has 1 N–H and O–H groups in total. The van der Waals surface area contributed by atoms with Gasteiger partial charge in [0, 0.05) is 25.8 Å². The van der Waals surface area contributed by atoms with E-state index in [9.17, 15) is 0 Å². The summed E-state index contributed by atoms with van der Waals surface area (Å²) in [5.74, 6) is 0. The predicted octanol–water partition coefficient (Wildman–Crippen LogP) is 1.95. The second kappa shape index (κ2) is 3.97. The van der Waals surface area contributed by atoms with Crippen LogP contribution in [0.3, 0.4) is 0 Å². The van der Waals surface area contributed by atoms with Crippen LogP contribution >= 0.6 is 0 Å². The minimum absolute atomic E-state index is 0.646. The Morgan fingerprint density at radius 3 is 2.92 bits per heavy atom. The second-order valence-electron chi connectivity index (χ2n) is 4.93. The summed E-state index contributed by atoms with van der Waals surface area (Å²) in [6, 6.07) is 0.722. The zero-order chi connectivity index (χ0) is 9.15. The third-order valence-corrected chi connectivity index (χ3v) is 3.37. The summed E-state index contributed by atoms with van der Waals surface area (Å²) in [4.78, 5) is 0. The molecule has 0 amide bonds. The number of nitrogens with one attached hydrogen (secondary N) is 1. The summed E-state index contributed by atoms with van der Waals surface area (Å²) >= 11 is 0. The molecule has 1 heterocycles. The Morgan fingerprint density at radius 2 is 2.15 bits per heavy atom. The highest BCUT2D eigenvalue weighted by Gasteiger charge is 2.37. The van der Waals surface area contributed by atoms with Gasteiger partial charge in [-0.05, 0) is 37.5 Å². The Bertz CT molecular complexity index is 157. The van der Waals surface area contributed by atoms with Crippen LogP contribution in [0.1, 0.15) is 39.0 Å². The van der Waals surface area contributed by atoms with Crippen molar-refractivity contribution in [3.63, 3.8) is 0 Å². The van der Waals surface area contributed by atoms with Gasteiger partial charge in [-0.2, -0.15) is 0 Å². The van der Waals surface area contributed by atoms with Gasteiger partial charge in [-0.25, -0.2) is 0 Å². The first-order chi connectivity index (χ1) is 6.29. The normalized spacial score (nSPS) is 32.5. The molecular weight excluding hydrogens is 162 g/mol. The molecule has 1 unspecified atom stereocenters. The number of ether oxygens (including phenoxy) is 1. The van der Waals surface area contributed by atoms with Crippen LogP contribution in [0.25, 0.3) is 0 Å². The molecule has 2 nitrogen and oxygen atoms in total. The first kappa shape index (κ1) is 9.47. The van der Waals surface area contributed by atoms with E-state index in [0.29, 0.717) is 5.41 Å². The van der Waals surface area contributed by atoms with Crippen LogP contribution in [-0.2, 0) is 4.74 Å². The molecule has 0 radical (unpaired) electrons. The van der Waals surface area contributed by atoms with Gasteiger partial charge in [-0.1, -0.05) is 6.92 Å². The number of hydrogen-bond donors (Lipinski definition) is 1. The van der Waals surface area contributed by atoms with E-state index in [1.165, 1.54) is 38.6 Å². The SMILES string of the molecule is CC1(CNC2CCCOCC2)CC1. The maximum atomic E-state index is 5.43. The molecule has 76 valence electrons. The molecule has 1 aliphatic carbocycles. The van der Waals surface area contributed by atoms with E-state index in [1.807, 2.05) is 0 Å². The van der Waals surface area contributed by atoms with Crippen molar-refractivity contribution in [2.45, 2.75) is 45.1 Å². The van der Waals surface area contributed by atoms with Crippen molar-refractivity contribution >= 4 is 0 Å². The van der Waals surface area contributed by atoms with Crippen LogP contribution in [0.2, 0.25) is 0 Å². The van der Waals surface area contributed by atoms with Crippen LogP contribution in [0.15, 0.2) is 0 Å². The molecule has 13 heavy (non-hydrogen) atoms. The molecule has 2 aliphatic rings. The predicted molar refractivity (Wildman–Crippen MR) is 53.8 cm³/mol. The molecule has 0 aromatic rings. The monoisotopic (exact) mass is 183 g/mol.